The normalized spacial score (nSPS) is 16.1. The van der Waals surface area contributed by atoms with Crippen molar-refractivity contribution in [3.8, 4) is 46.1 Å². The Bertz CT molecular complexity index is 2580. The number of allylic oxidation sites excluding steroid dienone is 3. The standard InChI is InChI=1S/C45H31N5/c1-29(26-46)24-40-30(2)49(43-20-9-7-17-38(40)43)42-19-8-5-15-36(42)35-14-4-3-13-34(35)31-22-23-41(33(25-31)28-48)50-44-21-10-6-16-37(44)39-18-11-12-32(27-47)45(39)50/h3-25,37,44H,1-2H3/b29-24+. The number of benzene rings is 5. The molecular formula is C45H31N5. The van der Waals surface area contributed by atoms with Crippen molar-refractivity contribution in [3.05, 3.63) is 167 Å². The highest BCUT2D eigenvalue weighted by Crippen LogP contribution is 2.50. The highest BCUT2D eigenvalue weighted by atomic mass is 15.2. The molecule has 0 N–H and O–H groups in total. The predicted molar refractivity (Wildman–Crippen MR) is 201 cm³/mol. The van der Waals surface area contributed by atoms with Crippen LogP contribution in [0.2, 0.25) is 0 Å². The third-order valence-electron chi connectivity index (χ3n) is 9.94. The second-order valence-electron chi connectivity index (χ2n) is 12.7. The maximum atomic E-state index is 10.6. The molecule has 2 heterocycles. The van der Waals surface area contributed by atoms with Gasteiger partial charge in [0.15, 0.2) is 0 Å². The maximum Gasteiger partial charge on any atom is 0.101 e. The van der Waals surface area contributed by atoms with E-state index in [0.29, 0.717) is 16.7 Å². The molecule has 2 aliphatic rings. The van der Waals surface area contributed by atoms with Crippen LogP contribution in [0.15, 0.2) is 139 Å². The zero-order chi connectivity index (χ0) is 34.4. The fraction of sp³-hybridized carbons (Fsp3) is 0.0889. The van der Waals surface area contributed by atoms with Crippen molar-refractivity contribution < 1.29 is 0 Å². The summed E-state index contributed by atoms with van der Waals surface area (Å²) in [6.07, 6.45) is 10.4. The number of fused-ring (bicyclic) bond motifs is 4. The number of anilines is 2. The molecule has 0 amide bonds. The molecule has 0 bridgehead atoms. The van der Waals surface area contributed by atoms with Gasteiger partial charge in [0.2, 0.25) is 0 Å². The summed E-state index contributed by atoms with van der Waals surface area (Å²) in [5.74, 6) is 0.0970. The zero-order valence-corrected chi connectivity index (χ0v) is 27.7. The quantitative estimate of drug-likeness (QED) is 0.175. The van der Waals surface area contributed by atoms with Gasteiger partial charge in [-0.3, -0.25) is 0 Å². The SMILES string of the molecule is C/C(C#N)=C\c1c(C)n(-c2ccccc2-c2ccccc2-c2ccc(N3c4c(C#N)cccc4C4C=CC=CC43)c(C#N)c2)c2ccccc12. The largest absolute Gasteiger partial charge is 0.331 e. The van der Waals surface area contributed by atoms with Gasteiger partial charge in [0.1, 0.15) is 12.1 Å². The van der Waals surface area contributed by atoms with Crippen molar-refractivity contribution in [3.63, 3.8) is 0 Å². The zero-order valence-electron chi connectivity index (χ0n) is 27.7. The van der Waals surface area contributed by atoms with Crippen LogP contribution in [-0.2, 0) is 0 Å². The number of para-hydroxylation sites is 3. The lowest BCUT2D eigenvalue weighted by molar-refractivity contribution is 0.744. The van der Waals surface area contributed by atoms with Crippen LogP contribution in [0, 0.1) is 40.9 Å². The van der Waals surface area contributed by atoms with Crippen molar-refractivity contribution in [1.29, 1.82) is 15.8 Å². The third-order valence-corrected chi connectivity index (χ3v) is 9.94. The Hall–Kier alpha value is -6.87. The van der Waals surface area contributed by atoms with E-state index in [4.69, 9.17) is 0 Å². The van der Waals surface area contributed by atoms with Gasteiger partial charge in [-0.25, -0.2) is 0 Å². The van der Waals surface area contributed by atoms with Crippen LogP contribution in [-0.4, -0.2) is 10.6 Å². The molecule has 2 unspecified atom stereocenters. The molecule has 6 aromatic rings. The summed E-state index contributed by atoms with van der Waals surface area (Å²) in [6.45, 7) is 3.94. The van der Waals surface area contributed by atoms with E-state index in [9.17, 15) is 15.8 Å². The molecule has 0 spiro atoms. The minimum absolute atomic E-state index is 0.0297. The Morgan fingerprint density at radius 3 is 2.22 bits per heavy atom. The van der Waals surface area contributed by atoms with Gasteiger partial charge >= 0.3 is 0 Å². The molecule has 1 aliphatic heterocycles. The van der Waals surface area contributed by atoms with Crippen LogP contribution >= 0.6 is 0 Å². The van der Waals surface area contributed by atoms with Gasteiger partial charge in [-0.1, -0.05) is 103 Å². The van der Waals surface area contributed by atoms with Gasteiger partial charge < -0.3 is 9.47 Å². The van der Waals surface area contributed by atoms with E-state index in [1.165, 1.54) is 0 Å². The number of nitrogens with zero attached hydrogens (tertiary/aromatic N) is 5. The summed E-state index contributed by atoms with van der Waals surface area (Å²) in [6, 6.07) is 44.1. The lowest BCUT2D eigenvalue weighted by Crippen LogP contribution is -2.29. The lowest BCUT2D eigenvalue weighted by atomic mass is 9.90. The van der Waals surface area contributed by atoms with Crippen molar-refractivity contribution in [2.45, 2.75) is 25.8 Å². The van der Waals surface area contributed by atoms with Crippen LogP contribution in [0.1, 0.15) is 40.8 Å². The second kappa shape index (κ2) is 12.3. The van der Waals surface area contributed by atoms with E-state index in [-0.39, 0.29) is 12.0 Å². The number of hydrogen-bond donors (Lipinski definition) is 0. The summed E-state index contributed by atoms with van der Waals surface area (Å²) in [5, 5.41) is 31.4. The minimum Gasteiger partial charge on any atom is -0.331 e. The molecule has 1 aliphatic carbocycles. The number of rotatable bonds is 5. The highest BCUT2D eigenvalue weighted by Gasteiger charge is 2.39. The third kappa shape index (κ3) is 4.75. The number of aromatic nitrogens is 1. The monoisotopic (exact) mass is 641 g/mol. The molecule has 0 saturated heterocycles. The Morgan fingerprint density at radius 1 is 0.700 bits per heavy atom. The van der Waals surface area contributed by atoms with E-state index in [0.717, 1.165) is 67.0 Å². The fourth-order valence-electron chi connectivity index (χ4n) is 7.75. The van der Waals surface area contributed by atoms with Crippen molar-refractivity contribution in [2.75, 3.05) is 4.90 Å². The summed E-state index contributed by atoms with van der Waals surface area (Å²) < 4.78 is 2.28. The average molecular weight is 642 g/mol. The predicted octanol–water partition coefficient (Wildman–Crippen LogP) is 10.7. The second-order valence-corrected chi connectivity index (χ2v) is 12.7. The first-order valence-electron chi connectivity index (χ1n) is 16.6. The van der Waals surface area contributed by atoms with Crippen LogP contribution in [0.25, 0.3) is 44.9 Å². The molecule has 0 radical (unpaired) electrons. The van der Waals surface area contributed by atoms with Crippen LogP contribution in [0.4, 0.5) is 11.4 Å². The molecule has 0 fully saturated rings. The Labute approximate surface area is 291 Å². The highest BCUT2D eigenvalue weighted by molar-refractivity contribution is 5.96. The van der Waals surface area contributed by atoms with Crippen LogP contribution < -0.4 is 4.90 Å². The summed E-state index contributed by atoms with van der Waals surface area (Å²) in [5.41, 5.74) is 12.8. The first-order chi connectivity index (χ1) is 24.5. The van der Waals surface area contributed by atoms with Gasteiger partial charge in [0.05, 0.1) is 45.8 Å². The lowest BCUT2D eigenvalue weighted by Gasteiger charge is -2.30. The topological polar surface area (TPSA) is 79.5 Å². The summed E-state index contributed by atoms with van der Waals surface area (Å²) >= 11 is 0. The van der Waals surface area contributed by atoms with E-state index in [1.54, 1.807) is 0 Å². The molecular weight excluding hydrogens is 611 g/mol. The van der Waals surface area contributed by atoms with E-state index in [1.807, 2.05) is 67.6 Å². The minimum atomic E-state index is -0.0297. The van der Waals surface area contributed by atoms with Gasteiger partial charge in [-0.15, -0.1) is 0 Å². The Balaban J connectivity index is 1.28. The average Bonchev–Trinajstić information content (AvgIpc) is 3.65. The summed E-state index contributed by atoms with van der Waals surface area (Å²) in [4.78, 5) is 2.17. The maximum absolute atomic E-state index is 10.6. The van der Waals surface area contributed by atoms with Crippen LogP contribution in [0.3, 0.4) is 0 Å². The molecule has 50 heavy (non-hydrogen) atoms. The smallest absolute Gasteiger partial charge is 0.101 e. The van der Waals surface area contributed by atoms with Crippen molar-refractivity contribution >= 4 is 28.4 Å². The first kappa shape index (κ1) is 30.5. The molecule has 1 aromatic heterocycles. The first-order valence-corrected chi connectivity index (χ1v) is 16.6. The Kier molecular flexibility index (Phi) is 7.49. The molecule has 0 saturated carbocycles. The van der Waals surface area contributed by atoms with Gasteiger partial charge in [-0.05, 0) is 72.5 Å². The van der Waals surface area contributed by atoms with Gasteiger partial charge in [0, 0.05) is 33.7 Å². The van der Waals surface area contributed by atoms with E-state index < -0.39 is 0 Å². The van der Waals surface area contributed by atoms with Crippen molar-refractivity contribution in [2.24, 2.45) is 0 Å². The number of nitriles is 3. The van der Waals surface area contributed by atoms with E-state index in [2.05, 4.69) is 113 Å². The van der Waals surface area contributed by atoms with Crippen molar-refractivity contribution in [1.82, 2.24) is 4.57 Å². The molecule has 8 rings (SSSR count). The molecule has 5 nitrogen and oxygen atoms in total. The van der Waals surface area contributed by atoms with E-state index >= 15 is 0 Å². The molecule has 5 aromatic carbocycles. The molecule has 236 valence electrons. The number of hydrogen-bond acceptors (Lipinski definition) is 4. The van der Waals surface area contributed by atoms with Crippen LogP contribution in [0.5, 0.6) is 0 Å². The van der Waals surface area contributed by atoms with Gasteiger partial charge in [-0.2, -0.15) is 15.8 Å². The van der Waals surface area contributed by atoms with Gasteiger partial charge in [0.25, 0.3) is 0 Å². The Morgan fingerprint density at radius 2 is 1.42 bits per heavy atom. The molecule has 2 atom stereocenters. The summed E-state index contributed by atoms with van der Waals surface area (Å²) in [7, 11) is 0. The fourth-order valence-corrected chi connectivity index (χ4v) is 7.75. The molecule has 5 heteroatoms.